The summed E-state index contributed by atoms with van der Waals surface area (Å²) in [5, 5.41) is 3.04. The van der Waals surface area contributed by atoms with Crippen molar-refractivity contribution in [2.24, 2.45) is 5.92 Å². The van der Waals surface area contributed by atoms with Gasteiger partial charge in [0, 0.05) is 31.2 Å². The quantitative estimate of drug-likeness (QED) is 0.850. The van der Waals surface area contributed by atoms with Crippen LogP contribution in [0.5, 0.6) is 0 Å². The number of hydrogen-bond donors (Lipinski definition) is 1. The number of nitrogens with one attached hydrogen (secondary N) is 1. The largest absolute Gasteiger partial charge is 0.379 e. The second-order valence-electron chi connectivity index (χ2n) is 6.37. The van der Waals surface area contributed by atoms with E-state index in [1.54, 1.807) is 0 Å². The minimum atomic E-state index is 0.126. The summed E-state index contributed by atoms with van der Waals surface area (Å²) in [5.74, 6) is 0.274. The number of nitrogens with zero attached hydrogens (tertiary/aromatic N) is 1. The maximum atomic E-state index is 12.2. The van der Waals surface area contributed by atoms with E-state index in [9.17, 15) is 4.79 Å². The van der Waals surface area contributed by atoms with Gasteiger partial charge in [-0.3, -0.25) is 9.69 Å². The highest BCUT2D eigenvalue weighted by Crippen LogP contribution is 2.20. The first kappa shape index (κ1) is 16.2. The van der Waals surface area contributed by atoms with Crippen LogP contribution in [0.4, 0.5) is 5.69 Å². The lowest BCUT2D eigenvalue weighted by Gasteiger charge is -2.26. The smallest absolute Gasteiger partial charge is 0.227 e. The fourth-order valence-electron chi connectivity index (χ4n) is 3.14. The molecule has 1 unspecified atom stereocenters. The molecular formula is C19H26N2O2. The molecule has 0 radical (unpaired) electrons. The topological polar surface area (TPSA) is 41.6 Å². The normalized spacial score (nSPS) is 22.0. The molecule has 1 saturated heterocycles. The zero-order chi connectivity index (χ0) is 15.9. The van der Waals surface area contributed by atoms with E-state index in [1.807, 2.05) is 12.1 Å². The van der Waals surface area contributed by atoms with Gasteiger partial charge in [-0.25, -0.2) is 0 Å². The number of hydrogen-bond acceptors (Lipinski definition) is 3. The molecular weight excluding hydrogens is 288 g/mol. The van der Waals surface area contributed by atoms with Gasteiger partial charge in [0.15, 0.2) is 0 Å². The van der Waals surface area contributed by atoms with Crippen molar-refractivity contribution in [2.45, 2.75) is 25.7 Å². The number of ether oxygens (including phenoxy) is 1. The van der Waals surface area contributed by atoms with Gasteiger partial charge in [0.2, 0.25) is 5.91 Å². The predicted octanol–water partition coefficient (Wildman–Crippen LogP) is 2.86. The molecule has 0 spiro atoms. The third-order valence-corrected chi connectivity index (χ3v) is 4.68. The van der Waals surface area contributed by atoms with Crippen LogP contribution in [0.1, 0.15) is 24.8 Å². The standard InChI is InChI=1S/C19H26N2O2/c22-19(17-4-2-1-3-5-17)20-18-8-6-16(7-9-18)10-11-21-12-14-23-15-13-21/h1-2,6-9,17H,3-5,10-15H2,(H,20,22). The summed E-state index contributed by atoms with van der Waals surface area (Å²) in [5.41, 5.74) is 2.22. The molecule has 1 aromatic rings. The van der Waals surface area contributed by atoms with Gasteiger partial charge in [0.25, 0.3) is 0 Å². The second-order valence-corrected chi connectivity index (χ2v) is 6.37. The van der Waals surface area contributed by atoms with E-state index in [-0.39, 0.29) is 11.8 Å². The summed E-state index contributed by atoms with van der Waals surface area (Å²) in [6.45, 7) is 4.83. The first-order valence-corrected chi connectivity index (χ1v) is 8.66. The van der Waals surface area contributed by atoms with Crippen molar-refractivity contribution < 1.29 is 9.53 Å². The number of amides is 1. The molecule has 1 N–H and O–H groups in total. The van der Waals surface area contributed by atoms with E-state index < -0.39 is 0 Å². The van der Waals surface area contributed by atoms with Gasteiger partial charge < -0.3 is 10.1 Å². The summed E-state index contributed by atoms with van der Waals surface area (Å²) in [4.78, 5) is 14.7. The van der Waals surface area contributed by atoms with Crippen molar-refractivity contribution in [1.82, 2.24) is 4.90 Å². The summed E-state index contributed by atoms with van der Waals surface area (Å²) >= 11 is 0. The van der Waals surface area contributed by atoms with Gasteiger partial charge in [-0.2, -0.15) is 0 Å². The van der Waals surface area contributed by atoms with Crippen LogP contribution in [0.2, 0.25) is 0 Å². The molecule has 1 fully saturated rings. The summed E-state index contributed by atoms with van der Waals surface area (Å²) in [7, 11) is 0. The minimum Gasteiger partial charge on any atom is -0.379 e. The molecule has 4 heteroatoms. The molecule has 3 rings (SSSR count). The lowest BCUT2D eigenvalue weighted by molar-refractivity contribution is -0.120. The fraction of sp³-hybridized carbons (Fsp3) is 0.526. The molecule has 2 aliphatic rings. The van der Waals surface area contributed by atoms with Gasteiger partial charge in [-0.15, -0.1) is 0 Å². The number of benzene rings is 1. The number of carbonyl (C=O) groups excluding carboxylic acids is 1. The van der Waals surface area contributed by atoms with E-state index in [2.05, 4.69) is 34.5 Å². The van der Waals surface area contributed by atoms with Crippen LogP contribution in [-0.4, -0.2) is 43.7 Å². The summed E-state index contributed by atoms with van der Waals surface area (Å²) < 4.78 is 5.37. The number of carbonyl (C=O) groups is 1. The highest BCUT2D eigenvalue weighted by Gasteiger charge is 2.18. The highest BCUT2D eigenvalue weighted by atomic mass is 16.5. The van der Waals surface area contributed by atoms with E-state index in [0.29, 0.717) is 0 Å². The third kappa shape index (κ3) is 4.91. The average Bonchev–Trinajstić information content (AvgIpc) is 2.63. The molecule has 1 heterocycles. The monoisotopic (exact) mass is 314 g/mol. The molecule has 1 aromatic carbocycles. The zero-order valence-electron chi connectivity index (χ0n) is 13.7. The molecule has 0 aromatic heterocycles. The Morgan fingerprint density at radius 2 is 1.96 bits per heavy atom. The van der Waals surface area contributed by atoms with Crippen LogP contribution in [0.3, 0.4) is 0 Å². The third-order valence-electron chi connectivity index (χ3n) is 4.68. The Morgan fingerprint density at radius 1 is 1.17 bits per heavy atom. The molecule has 124 valence electrons. The van der Waals surface area contributed by atoms with Crippen LogP contribution in [0.25, 0.3) is 0 Å². The predicted molar refractivity (Wildman–Crippen MR) is 92.5 cm³/mol. The Hall–Kier alpha value is -1.65. The molecule has 23 heavy (non-hydrogen) atoms. The van der Waals surface area contributed by atoms with E-state index >= 15 is 0 Å². The van der Waals surface area contributed by atoms with Crippen LogP contribution < -0.4 is 5.32 Å². The molecule has 1 atom stereocenters. The van der Waals surface area contributed by atoms with Gasteiger partial charge in [-0.1, -0.05) is 24.3 Å². The molecule has 0 bridgehead atoms. The van der Waals surface area contributed by atoms with Gasteiger partial charge in [0.1, 0.15) is 0 Å². The van der Waals surface area contributed by atoms with Crippen molar-refractivity contribution in [1.29, 1.82) is 0 Å². The Bertz CT molecular complexity index is 533. The Balaban J connectivity index is 1.46. The van der Waals surface area contributed by atoms with Crippen molar-refractivity contribution in [2.75, 3.05) is 38.2 Å². The van der Waals surface area contributed by atoms with Crippen LogP contribution >= 0.6 is 0 Å². The Morgan fingerprint density at radius 3 is 2.65 bits per heavy atom. The Kier molecular flexibility index (Phi) is 5.83. The van der Waals surface area contributed by atoms with Crippen molar-refractivity contribution in [3.8, 4) is 0 Å². The van der Waals surface area contributed by atoms with Gasteiger partial charge in [-0.05, 0) is 43.4 Å². The summed E-state index contributed by atoms with van der Waals surface area (Å²) in [6.07, 6.45) is 8.15. The van der Waals surface area contributed by atoms with Gasteiger partial charge in [0.05, 0.1) is 13.2 Å². The molecule has 1 aliphatic heterocycles. The molecule has 1 amide bonds. The summed E-state index contributed by atoms with van der Waals surface area (Å²) in [6, 6.07) is 8.28. The molecule has 1 aliphatic carbocycles. The Labute approximate surface area is 138 Å². The van der Waals surface area contributed by atoms with Gasteiger partial charge >= 0.3 is 0 Å². The minimum absolute atomic E-state index is 0.126. The second kappa shape index (κ2) is 8.27. The first-order chi connectivity index (χ1) is 11.3. The number of allylic oxidation sites excluding steroid dienone is 2. The highest BCUT2D eigenvalue weighted by molar-refractivity contribution is 5.92. The maximum Gasteiger partial charge on any atom is 0.227 e. The van der Waals surface area contributed by atoms with Crippen LogP contribution in [0, 0.1) is 5.92 Å². The SMILES string of the molecule is O=C(Nc1ccc(CCN2CCOCC2)cc1)C1CC=CCC1. The van der Waals surface area contributed by atoms with Crippen molar-refractivity contribution in [3.63, 3.8) is 0 Å². The van der Waals surface area contributed by atoms with Crippen LogP contribution in [-0.2, 0) is 16.0 Å². The van der Waals surface area contributed by atoms with Crippen molar-refractivity contribution >= 4 is 11.6 Å². The van der Waals surface area contributed by atoms with Crippen molar-refractivity contribution in [3.05, 3.63) is 42.0 Å². The van der Waals surface area contributed by atoms with Crippen LogP contribution in [0.15, 0.2) is 36.4 Å². The molecule has 0 saturated carbocycles. The molecule has 4 nitrogen and oxygen atoms in total. The van der Waals surface area contributed by atoms with E-state index in [4.69, 9.17) is 4.74 Å². The lowest BCUT2D eigenvalue weighted by Crippen LogP contribution is -2.37. The lowest BCUT2D eigenvalue weighted by atomic mass is 9.93. The number of anilines is 1. The fourth-order valence-corrected chi connectivity index (χ4v) is 3.14. The van der Waals surface area contributed by atoms with E-state index in [1.165, 1.54) is 5.56 Å². The number of morpholine rings is 1. The maximum absolute atomic E-state index is 12.2. The number of rotatable bonds is 5. The zero-order valence-corrected chi connectivity index (χ0v) is 13.7. The average molecular weight is 314 g/mol. The van der Waals surface area contributed by atoms with E-state index in [0.717, 1.165) is 64.2 Å². The first-order valence-electron chi connectivity index (χ1n) is 8.66.